The van der Waals surface area contributed by atoms with Gasteiger partial charge in [0.05, 0.1) is 22.0 Å². The Labute approximate surface area is 249 Å². The van der Waals surface area contributed by atoms with E-state index in [9.17, 15) is 18.0 Å². The van der Waals surface area contributed by atoms with Gasteiger partial charge in [-0.15, -0.1) is 0 Å². The molecule has 0 radical (unpaired) electrons. The van der Waals surface area contributed by atoms with Crippen molar-refractivity contribution in [3.05, 3.63) is 63.6 Å². The Morgan fingerprint density at radius 1 is 0.975 bits per heavy atom. The predicted molar refractivity (Wildman–Crippen MR) is 163 cm³/mol. The van der Waals surface area contributed by atoms with Gasteiger partial charge in [-0.2, -0.15) is 0 Å². The Kier molecular flexibility index (Phi) is 12.2. The number of benzene rings is 2. The van der Waals surface area contributed by atoms with Crippen LogP contribution in [0.15, 0.2) is 42.5 Å². The maximum Gasteiger partial charge on any atom is 0.243 e. The molecule has 1 unspecified atom stereocenters. The lowest BCUT2D eigenvalue weighted by Crippen LogP contribution is -2.51. The lowest BCUT2D eigenvalue weighted by Gasteiger charge is -2.33. The molecule has 40 heavy (non-hydrogen) atoms. The Morgan fingerprint density at radius 3 is 2.20 bits per heavy atom. The Hall–Kier alpha value is -2.29. The largest absolute Gasteiger partial charge is 0.352 e. The van der Waals surface area contributed by atoms with Crippen molar-refractivity contribution >= 4 is 50.7 Å². The van der Waals surface area contributed by atoms with Crippen molar-refractivity contribution in [3.8, 4) is 0 Å². The Balaban J connectivity index is 1.77. The first kappa shape index (κ1) is 32.2. The van der Waals surface area contributed by atoms with Gasteiger partial charge in [-0.3, -0.25) is 13.9 Å². The fourth-order valence-corrected chi connectivity index (χ4v) is 6.49. The van der Waals surface area contributed by atoms with E-state index < -0.39 is 16.1 Å². The minimum atomic E-state index is -3.55. The summed E-state index contributed by atoms with van der Waals surface area (Å²) in [5.41, 5.74) is 2.45. The molecule has 1 aliphatic rings. The van der Waals surface area contributed by atoms with E-state index in [0.717, 1.165) is 43.2 Å². The van der Waals surface area contributed by atoms with Crippen LogP contribution in [0.25, 0.3) is 0 Å². The number of rotatable bonds is 13. The minimum Gasteiger partial charge on any atom is -0.352 e. The monoisotopic (exact) mass is 609 g/mol. The summed E-state index contributed by atoms with van der Waals surface area (Å²) in [6, 6.07) is 12.1. The molecule has 0 bridgehead atoms. The van der Waals surface area contributed by atoms with Crippen molar-refractivity contribution in [1.82, 2.24) is 10.2 Å². The summed E-state index contributed by atoms with van der Waals surface area (Å²) in [7, 11) is -3.55. The van der Waals surface area contributed by atoms with Gasteiger partial charge < -0.3 is 10.2 Å². The summed E-state index contributed by atoms with van der Waals surface area (Å²) in [4.78, 5) is 28.7. The van der Waals surface area contributed by atoms with E-state index in [1.165, 1.54) is 17.0 Å². The summed E-state index contributed by atoms with van der Waals surface area (Å²) in [5, 5.41) is 3.96. The van der Waals surface area contributed by atoms with E-state index in [1.54, 1.807) is 35.2 Å². The van der Waals surface area contributed by atoms with Crippen LogP contribution in [-0.4, -0.2) is 50.0 Å². The normalized spacial score (nSPS) is 14.9. The van der Waals surface area contributed by atoms with E-state index in [2.05, 4.69) is 5.32 Å². The smallest absolute Gasteiger partial charge is 0.243 e. The number of amides is 2. The highest BCUT2D eigenvalue weighted by molar-refractivity contribution is 7.92. The molecule has 1 aliphatic carbocycles. The molecule has 2 aromatic rings. The lowest BCUT2D eigenvalue weighted by molar-refractivity contribution is -0.141. The third kappa shape index (κ3) is 9.11. The average molecular weight is 611 g/mol. The van der Waals surface area contributed by atoms with Gasteiger partial charge >= 0.3 is 0 Å². The molecule has 1 saturated carbocycles. The van der Waals surface area contributed by atoms with Crippen LogP contribution in [0.2, 0.25) is 10.0 Å². The molecule has 2 amide bonds. The number of anilines is 1. The minimum absolute atomic E-state index is 0.0909. The van der Waals surface area contributed by atoms with Crippen molar-refractivity contribution in [2.24, 2.45) is 0 Å². The first-order chi connectivity index (χ1) is 19.0. The number of carbonyl (C=O) groups is 2. The van der Waals surface area contributed by atoms with Crippen molar-refractivity contribution < 1.29 is 18.0 Å². The molecule has 1 N–H and O–H groups in total. The second-order valence-electron chi connectivity index (χ2n) is 10.5. The van der Waals surface area contributed by atoms with Crippen LogP contribution in [-0.2, 0) is 32.6 Å². The van der Waals surface area contributed by atoms with E-state index in [4.69, 9.17) is 23.2 Å². The molecule has 10 heteroatoms. The summed E-state index contributed by atoms with van der Waals surface area (Å²) >= 11 is 12.3. The molecule has 1 atom stereocenters. The standard InChI is InChI=1S/C30H41Cl2N3O4S/c1-4-22-13-16-25(17-14-22)35(40(3,38)39)19-9-12-29(36)34(21-23-15-18-26(31)27(32)20-23)28(5-2)30(37)33-24-10-7-6-8-11-24/h13-18,20,24,28H,4-12,19,21H2,1-3H3,(H,33,37). The number of nitrogens with zero attached hydrogens (tertiary/aromatic N) is 2. The molecular weight excluding hydrogens is 569 g/mol. The Morgan fingerprint density at radius 2 is 1.62 bits per heavy atom. The molecule has 1 fully saturated rings. The van der Waals surface area contributed by atoms with Crippen LogP contribution in [0.5, 0.6) is 0 Å². The van der Waals surface area contributed by atoms with Crippen LogP contribution in [0.1, 0.15) is 76.3 Å². The van der Waals surface area contributed by atoms with Crippen molar-refractivity contribution in [2.75, 3.05) is 17.1 Å². The maximum atomic E-state index is 13.7. The highest BCUT2D eigenvalue weighted by Gasteiger charge is 2.30. The predicted octanol–water partition coefficient (Wildman–Crippen LogP) is 6.36. The number of hydrogen-bond donors (Lipinski definition) is 1. The number of nitrogens with one attached hydrogen (secondary N) is 1. The van der Waals surface area contributed by atoms with Crippen LogP contribution < -0.4 is 9.62 Å². The third-order valence-corrected chi connectivity index (χ3v) is 9.39. The zero-order chi connectivity index (χ0) is 29.3. The highest BCUT2D eigenvalue weighted by atomic mass is 35.5. The highest BCUT2D eigenvalue weighted by Crippen LogP contribution is 2.25. The number of sulfonamides is 1. The molecule has 3 rings (SSSR count). The van der Waals surface area contributed by atoms with E-state index in [1.807, 2.05) is 26.0 Å². The van der Waals surface area contributed by atoms with Crippen molar-refractivity contribution in [3.63, 3.8) is 0 Å². The summed E-state index contributed by atoms with van der Waals surface area (Å²) in [5.74, 6) is -0.372. The molecule has 0 aliphatic heterocycles. The molecule has 220 valence electrons. The first-order valence-electron chi connectivity index (χ1n) is 14.1. The van der Waals surface area contributed by atoms with Gasteiger partial charge in [0.1, 0.15) is 6.04 Å². The van der Waals surface area contributed by atoms with E-state index >= 15 is 0 Å². The summed E-state index contributed by atoms with van der Waals surface area (Å²) < 4.78 is 26.5. The first-order valence-corrected chi connectivity index (χ1v) is 16.7. The molecule has 0 aromatic heterocycles. The average Bonchev–Trinajstić information content (AvgIpc) is 2.92. The molecule has 0 spiro atoms. The zero-order valence-electron chi connectivity index (χ0n) is 23.7. The van der Waals surface area contributed by atoms with Crippen LogP contribution in [0, 0.1) is 0 Å². The Bertz CT molecular complexity index is 1250. The van der Waals surface area contributed by atoms with Gasteiger partial charge in [0.25, 0.3) is 0 Å². The maximum absolute atomic E-state index is 13.7. The number of carbonyl (C=O) groups excluding carboxylic acids is 2. The van der Waals surface area contributed by atoms with E-state index in [0.29, 0.717) is 28.6 Å². The van der Waals surface area contributed by atoms with Gasteiger partial charge in [0, 0.05) is 25.6 Å². The fourth-order valence-electron chi connectivity index (χ4n) is 5.20. The molecular formula is C30H41Cl2N3O4S. The van der Waals surface area contributed by atoms with Gasteiger partial charge in [0.2, 0.25) is 21.8 Å². The quantitative estimate of drug-likeness (QED) is 0.286. The second-order valence-corrected chi connectivity index (χ2v) is 13.2. The van der Waals surface area contributed by atoms with Crippen LogP contribution >= 0.6 is 23.2 Å². The van der Waals surface area contributed by atoms with Gasteiger partial charge in [-0.1, -0.05) is 74.5 Å². The lowest BCUT2D eigenvalue weighted by atomic mass is 9.95. The summed E-state index contributed by atoms with van der Waals surface area (Å²) in [6.45, 7) is 4.28. The van der Waals surface area contributed by atoms with Gasteiger partial charge in [-0.25, -0.2) is 8.42 Å². The van der Waals surface area contributed by atoms with Gasteiger partial charge in [-0.05, 0) is 67.5 Å². The van der Waals surface area contributed by atoms with Crippen molar-refractivity contribution in [2.45, 2.75) is 90.3 Å². The topological polar surface area (TPSA) is 86.8 Å². The molecule has 0 saturated heterocycles. The second kappa shape index (κ2) is 15.1. The number of aryl methyl sites for hydroxylation is 1. The third-order valence-electron chi connectivity index (χ3n) is 7.46. The number of hydrogen-bond acceptors (Lipinski definition) is 4. The van der Waals surface area contributed by atoms with E-state index in [-0.39, 0.29) is 37.4 Å². The zero-order valence-corrected chi connectivity index (χ0v) is 26.0. The SMILES string of the molecule is CCc1ccc(N(CCCC(=O)N(Cc2ccc(Cl)c(Cl)c2)C(CC)C(=O)NC2CCCCC2)S(C)(=O)=O)cc1. The van der Waals surface area contributed by atoms with Gasteiger partial charge in [0.15, 0.2) is 0 Å². The number of halogens is 2. The fraction of sp³-hybridized carbons (Fsp3) is 0.533. The van der Waals surface area contributed by atoms with Crippen molar-refractivity contribution in [1.29, 1.82) is 0 Å². The molecule has 0 heterocycles. The molecule has 7 nitrogen and oxygen atoms in total. The van der Waals surface area contributed by atoms with Crippen LogP contribution in [0.3, 0.4) is 0 Å². The van der Waals surface area contributed by atoms with Crippen LogP contribution in [0.4, 0.5) is 5.69 Å². The molecule has 2 aromatic carbocycles. The summed E-state index contributed by atoms with van der Waals surface area (Å²) in [6.07, 6.45) is 8.12.